The van der Waals surface area contributed by atoms with Crippen LogP contribution < -0.4 is 10.5 Å². The van der Waals surface area contributed by atoms with Crippen molar-refractivity contribution in [1.29, 1.82) is 0 Å². The summed E-state index contributed by atoms with van der Waals surface area (Å²) in [6.07, 6.45) is 0. The molecule has 1 atom stereocenters. The summed E-state index contributed by atoms with van der Waals surface area (Å²) in [5.74, 6) is -0.136. The summed E-state index contributed by atoms with van der Waals surface area (Å²) >= 11 is 0. The second-order valence-electron chi connectivity index (χ2n) is 3.54. The Morgan fingerprint density at radius 1 is 1.31 bits per heavy atom. The van der Waals surface area contributed by atoms with E-state index in [1.807, 2.05) is 6.92 Å². The molecule has 0 aliphatic heterocycles. The van der Waals surface area contributed by atoms with E-state index in [4.69, 9.17) is 5.14 Å². The van der Waals surface area contributed by atoms with Gasteiger partial charge in [-0.2, -0.15) is 0 Å². The molecule has 0 saturated heterocycles. The molecule has 0 aromatic heterocycles. The maximum Gasteiger partial charge on any atom is 0.238 e. The fraction of sp³-hybridized carbons (Fsp3) is 0.300. The van der Waals surface area contributed by atoms with E-state index in [9.17, 15) is 13.2 Å². The van der Waals surface area contributed by atoms with Gasteiger partial charge in [0.25, 0.3) is 0 Å². The van der Waals surface area contributed by atoms with Crippen LogP contribution in [0.3, 0.4) is 0 Å². The molecular formula is C10H14N2O3S. The zero-order chi connectivity index (χ0) is 12.3. The predicted octanol–water partition coefficient (Wildman–Crippen LogP) is 0.531. The van der Waals surface area contributed by atoms with Gasteiger partial charge in [-0.15, -0.1) is 0 Å². The van der Waals surface area contributed by atoms with E-state index in [-0.39, 0.29) is 16.8 Å². The van der Waals surface area contributed by atoms with E-state index < -0.39 is 10.0 Å². The molecule has 0 heterocycles. The Labute approximate surface area is 94.7 Å². The van der Waals surface area contributed by atoms with Crippen LogP contribution in [0.4, 0.5) is 0 Å². The number of rotatable bonds is 3. The number of nitrogens with one attached hydrogen (secondary N) is 1. The number of hydrogen-bond donors (Lipinski definition) is 2. The van der Waals surface area contributed by atoms with E-state index in [2.05, 4.69) is 5.32 Å². The Hall–Kier alpha value is -1.40. The molecule has 0 aliphatic rings. The number of amides is 1. The maximum absolute atomic E-state index is 11.0. The molecule has 1 aromatic rings. The molecule has 88 valence electrons. The van der Waals surface area contributed by atoms with Crippen molar-refractivity contribution in [1.82, 2.24) is 5.32 Å². The first-order valence-corrected chi connectivity index (χ1v) is 6.25. The molecule has 0 radical (unpaired) electrons. The van der Waals surface area contributed by atoms with Crippen molar-refractivity contribution in [2.45, 2.75) is 24.8 Å². The van der Waals surface area contributed by atoms with Gasteiger partial charge in [-0.05, 0) is 24.6 Å². The summed E-state index contributed by atoms with van der Waals surface area (Å²) < 4.78 is 22.0. The quantitative estimate of drug-likeness (QED) is 0.810. The number of nitrogens with two attached hydrogens (primary N) is 1. The Morgan fingerprint density at radius 3 is 2.19 bits per heavy atom. The summed E-state index contributed by atoms with van der Waals surface area (Å²) in [5, 5.41) is 7.66. The summed E-state index contributed by atoms with van der Waals surface area (Å²) in [7, 11) is -3.66. The van der Waals surface area contributed by atoms with Crippen LogP contribution in [-0.2, 0) is 14.8 Å². The minimum absolute atomic E-state index is 0.0614. The highest BCUT2D eigenvalue weighted by atomic mass is 32.2. The SMILES string of the molecule is CC(=O)NC(C)c1ccc(S(N)(=O)=O)cc1. The minimum Gasteiger partial charge on any atom is -0.350 e. The normalized spacial score (nSPS) is 13.2. The monoisotopic (exact) mass is 242 g/mol. The van der Waals surface area contributed by atoms with Crippen LogP contribution in [0.1, 0.15) is 25.5 Å². The van der Waals surface area contributed by atoms with Crippen LogP contribution in [0.2, 0.25) is 0 Å². The van der Waals surface area contributed by atoms with Gasteiger partial charge in [0.05, 0.1) is 10.9 Å². The zero-order valence-corrected chi connectivity index (χ0v) is 9.91. The van der Waals surface area contributed by atoms with E-state index in [0.717, 1.165) is 5.56 Å². The van der Waals surface area contributed by atoms with Crippen molar-refractivity contribution >= 4 is 15.9 Å². The molecule has 0 aliphatic carbocycles. The third-order valence-corrected chi connectivity index (χ3v) is 3.06. The average Bonchev–Trinajstić information content (AvgIpc) is 2.15. The molecule has 0 saturated carbocycles. The van der Waals surface area contributed by atoms with Crippen molar-refractivity contribution in [3.8, 4) is 0 Å². The summed E-state index contributed by atoms with van der Waals surface area (Å²) in [4.78, 5) is 10.9. The van der Waals surface area contributed by atoms with Gasteiger partial charge in [0.2, 0.25) is 15.9 Å². The van der Waals surface area contributed by atoms with Crippen molar-refractivity contribution in [3.05, 3.63) is 29.8 Å². The molecule has 1 rings (SSSR count). The van der Waals surface area contributed by atoms with Crippen LogP contribution in [0.25, 0.3) is 0 Å². The van der Waals surface area contributed by atoms with Gasteiger partial charge < -0.3 is 5.32 Å². The summed E-state index contributed by atoms with van der Waals surface area (Å²) in [6, 6.07) is 5.93. The number of sulfonamides is 1. The second-order valence-corrected chi connectivity index (χ2v) is 5.10. The first kappa shape index (κ1) is 12.7. The molecule has 3 N–H and O–H groups in total. The molecule has 1 aromatic carbocycles. The number of hydrogen-bond acceptors (Lipinski definition) is 3. The van der Waals surface area contributed by atoms with E-state index in [0.29, 0.717) is 0 Å². The molecule has 1 amide bonds. The number of carbonyl (C=O) groups is 1. The fourth-order valence-electron chi connectivity index (χ4n) is 1.33. The third-order valence-electron chi connectivity index (χ3n) is 2.13. The Kier molecular flexibility index (Phi) is 3.66. The Bertz CT molecular complexity index is 479. The highest BCUT2D eigenvalue weighted by molar-refractivity contribution is 7.89. The molecule has 0 spiro atoms. The van der Waals surface area contributed by atoms with Crippen molar-refractivity contribution in [2.75, 3.05) is 0 Å². The second kappa shape index (κ2) is 4.63. The van der Waals surface area contributed by atoms with Crippen LogP contribution in [0.15, 0.2) is 29.2 Å². The molecule has 0 fully saturated rings. The molecule has 5 nitrogen and oxygen atoms in total. The van der Waals surface area contributed by atoms with Crippen LogP contribution in [0, 0.1) is 0 Å². The van der Waals surface area contributed by atoms with E-state index in [1.54, 1.807) is 12.1 Å². The Balaban J connectivity index is 2.91. The third kappa shape index (κ3) is 3.32. The number of benzene rings is 1. The molecule has 1 unspecified atom stereocenters. The van der Waals surface area contributed by atoms with Gasteiger partial charge in [0.15, 0.2) is 0 Å². The minimum atomic E-state index is -3.66. The average molecular weight is 242 g/mol. The first-order valence-electron chi connectivity index (χ1n) is 4.70. The van der Waals surface area contributed by atoms with Crippen molar-refractivity contribution < 1.29 is 13.2 Å². The van der Waals surface area contributed by atoms with Gasteiger partial charge in [0.1, 0.15) is 0 Å². The van der Waals surface area contributed by atoms with Crippen LogP contribution >= 0.6 is 0 Å². The summed E-state index contributed by atoms with van der Waals surface area (Å²) in [6.45, 7) is 3.24. The first-order chi connectivity index (χ1) is 7.30. The van der Waals surface area contributed by atoms with Crippen molar-refractivity contribution in [3.63, 3.8) is 0 Å². The van der Waals surface area contributed by atoms with Gasteiger partial charge in [-0.1, -0.05) is 12.1 Å². The molecule has 0 bridgehead atoms. The highest BCUT2D eigenvalue weighted by Gasteiger charge is 2.10. The van der Waals surface area contributed by atoms with Crippen LogP contribution in [-0.4, -0.2) is 14.3 Å². The smallest absolute Gasteiger partial charge is 0.238 e. The fourth-order valence-corrected chi connectivity index (χ4v) is 1.85. The molecule has 16 heavy (non-hydrogen) atoms. The maximum atomic E-state index is 11.0. The van der Waals surface area contributed by atoms with Crippen molar-refractivity contribution in [2.24, 2.45) is 5.14 Å². The molecule has 6 heteroatoms. The van der Waals surface area contributed by atoms with Gasteiger partial charge in [-0.3, -0.25) is 4.79 Å². The van der Waals surface area contributed by atoms with Crippen LogP contribution in [0.5, 0.6) is 0 Å². The summed E-state index contributed by atoms with van der Waals surface area (Å²) in [5.41, 5.74) is 0.822. The molecular weight excluding hydrogens is 228 g/mol. The predicted molar refractivity (Wildman–Crippen MR) is 60.0 cm³/mol. The van der Waals surface area contributed by atoms with Gasteiger partial charge >= 0.3 is 0 Å². The van der Waals surface area contributed by atoms with Gasteiger partial charge in [0, 0.05) is 6.92 Å². The highest BCUT2D eigenvalue weighted by Crippen LogP contribution is 2.15. The van der Waals surface area contributed by atoms with E-state index in [1.165, 1.54) is 19.1 Å². The van der Waals surface area contributed by atoms with Gasteiger partial charge in [-0.25, -0.2) is 13.6 Å². The number of carbonyl (C=O) groups excluding carboxylic acids is 1. The topological polar surface area (TPSA) is 89.3 Å². The lowest BCUT2D eigenvalue weighted by atomic mass is 10.1. The largest absolute Gasteiger partial charge is 0.350 e. The lowest BCUT2D eigenvalue weighted by Gasteiger charge is -2.12. The lowest BCUT2D eigenvalue weighted by Crippen LogP contribution is -2.23. The standard InChI is InChI=1S/C10H14N2O3S/c1-7(12-8(2)13)9-3-5-10(6-4-9)16(11,14)15/h3-7H,1-2H3,(H,12,13)(H2,11,14,15). The Morgan fingerprint density at radius 2 is 1.81 bits per heavy atom. The lowest BCUT2D eigenvalue weighted by molar-refractivity contribution is -0.119. The number of primary sulfonamides is 1. The zero-order valence-electron chi connectivity index (χ0n) is 9.10. The van der Waals surface area contributed by atoms with E-state index >= 15 is 0 Å².